The third-order valence-electron chi connectivity index (χ3n) is 3.22. The van der Waals surface area contributed by atoms with Crippen LogP contribution in [0.5, 0.6) is 11.5 Å². The fourth-order valence-corrected chi connectivity index (χ4v) is 2.16. The standard InChI is InChI=1S/C14H12N4O4/c1-8-15-12(21-17-8)4-5-13-16-14(18-22-13)9-2-3-10-11(6-9)20-7-19-10/h2-3,6H,4-5,7H2,1H3. The smallest absolute Gasteiger partial charge is 0.231 e. The first-order valence-electron chi connectivity index (χ1n) is 6.80. The van der Waals surface area contributed by atoms with E-state index in [1.165, 1.54) is 0 Å². The van der Waals surface area contributed by atoms with Gasteiger partial charge in [0.05, 0.1) is 0 Å². The van der Waals surface area contributed by atoms with Crippen molar-refractivity contribution in [3.05, 3.63) is 35.8 Å². The van der Waals surface area contributed by atoms with E-state index in [0.29, 0.717) is 42.0 Å². The molecule has 0 bridgehead atoms. The Hall–Kier alpha value is -2.90. The zero-order chi connectivity index (χ0) is 14.9. The van der Waals surface area contributed by atoms with Gasteiger partial charge in [-0.3, -0.25) is 0 Å². The normalized spacial score (nSPS) is 12.8. The molecule has 1 aliphatic heterocycles. The molecule has 0 saturated carbocycles. The quantitative estimate of drug-likeness (QED) is 0.721. The average Bonchev–Trinajstić information content (AvgIpc) is 3.24. The Bertz CT molecular complexity index is 811. The summed E-state index contributed by atoms with van der Waals surface area (Å²) in [4.78, 5) is 8.50. The molecule has 8 nitrogen and oxygen atoms in total. The minimum absolute atomic E-state index is 0.236. The van der Waals surface area contributed by atoms with E-state index in [1.807, 2.05) is 18.2 Å². The molecule has 1 aliphatic rings. The molecule has 0 saturated heterocycles. The first-order chi connectivity index (χ1) is 10.8. The molecule has 0 aliphatic carbocycles. The van der Waals surface area contributed by atoms with Gasteiger partial charge in [0.25, 0.3) is 0 Å². The highest BCUT2D eigenvalue weighted by atomic mass is 16.7. The lowest BCUT2D eigenvalue weighted by Gasteiger charge is -1.97. The van der Waals surface area contributed by atoms with Crippen LogP contribution in [0.2, 0.25) is 0 Å². The van der Waals surface area contributed by atoms with E-state index < -0.39 is 0 Å². The molecular formula is C14H12N4O4. The van der Waals surface area contributed by atoms with Crippen molar-refractivity contribution >= 4 is 0 Å². The Kier molecular flexibility index (Phi) is 2.99. The van der Waals surface area contributed by atoms with E-state index in [-0.39, 0.29) is 6.79 Å². The molecule has 0 spiro atoms. The van der Waals surface area contributed by atoms with Crippen LogP contribution < -0.4 is 9.47 Å². The number of hydrogen-bond donors (Lipinski definition) is 0. The first-order valence-corrected chi connectivity index (χ1v) is 6.80. The average molecular weight is 300 g/mol. The second-order valence-electron chi connectivity index (χ2n) is 4.82. The molecule has 0 amide bonds. The van der Waals surface area contributed by atoms with Crippen LogP contribution in [0.1, 0.15) is 17.6 Å². The number of aryl methyl sites for hydroxylation is 3. The van der Waals surface area contributed by atoms with Crippen molar-refractivity contribution in [2.45, 2.75) is 19.8 Å². The van der Waals surface area contributed by atoms with Gasteiger partial charge in [0.2, 0.25) is 24.4 Å². The van der Waals surface area contributed by atoms with E-state index in [4.69, 9.17) is 18.5 Å². The highest BCUT2D eigenvalue weighted by Gasteiger charge is 2.16. The van der Waals surface area contributed by atoms with Crippen LogP contribution in [0.4, 0.5) is 0 Å². The van der Waals surface area contributed by atoms with Gasteiger partial charge in [0.15, 0.2) is 17.3 Å². The van der Waals surface area contributed by atoms with Crippen LogP contribution >= 0.6 is 0 Å². The topological polar surface area (TPSA) is 96.3 Å². The molecule has 0 radical (unpaired) electrons. The van der Waals surface area contributed by atoms with Crippen molar-refractivity contribution in [2.75, 3.05) is 6.79 Å². The molecule has 0 unspecified atom stereocenters. The zero-order valence-corrected chi connectivity index (χ0v) is 11.8. The van der Waals surface area contributed by atoms with Gasteiger partial charge in [-0.05, 0) is 25.1 Å². The molecule has 22 heavy (non-hydrogen) atoms. The van der Waals surface area contributed by atoms with Crippen molar-refractivity contribution in [1.29, 1.82) is 0 Å². The van der Waals surface area contributed by atoms with Gasteiger partial charge < -0.3 is 18.5 Å². The number of rotatable bonds is 4. The molecule has 0 fully saturated rings. The molecule has 0 N–H and O–H groups in total. The fraction of sp³-hybridized carbons (Fsp3) is 0.286. The number of hydrogen-bond acceptors (Lipinski definition) is 8. The summed E-state index contributed by atoms with van der Waals surface area (Å²) in [6, 6.07) is 5.52. The highest BCUT2D eigenvalue weighted by molar-refractivity contribution is 5.61. The Morgan fingerprint density at radius 3 is 2.55 bits per heavy atom. The van der Waals surface area contributed by atoms with Gasteiger partial charge in [0.1, 0.15) is 0 Å². The van der Waals surface area contributed by atoms with Crippen LogP contribution in [0.3, 0.4) is 0 Å². The molecule has 1 aromatic carbocycles. The zero-order valence-electron chi connectivity index (χ0n) is 11.8. The molecule has 4 rings (SSSR count). The second-order valence-corrected chi connectivity index (χ2v) is 4.82. The largest absolute Gasteiger partial charge is 0.454 e. The summed E-state index contributed by atoms with van der Waals surface area (Å²) in [5.41, 5.74) is 0.813. The predicted molar refractivity (Wildman–Crippen MR) is 72.3 cm³/mol. The maximum absolute atomic E-state index is 5.34. The number of ether oxygens (including phenoxy) is 2. The first kappa shape index (κ1) is 12.8. The molecule has 0 atom stereocenters. The lowest BCUT2D eigenvalue weighted by Crippen LogP contribution is -1.93. The summed E-state index contributed by atoms with van der Waals surface area (Å²) >= 11 is 0. The summed E-state index contributed by atoms with van der Waals surface area (Å²) in [6.45, 7) is 2.01. The highest BCUT2D eigenvalue weighted by Crippen LogP contribution is 2.35. The Balaban J connectivity index is 1.49. The third-order valence-corrected chi connectivity index (χ3v) is 3.22. The predicted octanol–water partition coefficient (Wildman–Crippen LogP) is 1.94. The lowest BCUT2D eigenvalue weighted by molar-refractivity contribution is 0.174. The summed E-state index contributed by atoms with van der Waals surface area (Å²) < 4.78 is 20.9. The number of benzene rings is 1. The number of aromatic nitrogens is 4. The van der Waals surface area contributed by atoms with Crippen LogP contribution in [-0.4, -0.2) is 27.1 Å². The second kappa shape index (κ2) is 5.14. The molecular weight excluding hydrogens is 288 g/mol. The minimum Gasteiger partial charge on any atom is -0.454 e. The van der Waals surface area contributed by atoms with Crippen LogP contribution in [0.25, 0.3) is 11.4 Å². The molecule has 112 valence electrons. The van der Waals surface area contributed by atoms with Crippen LogP contribution in [0.15, 0.2) is 27.2 Å². The number of fused-ring (bicyclic) bond motifs is 1. The lowest BCUT2D eigenvalue weighted by atomic mass is 10.2. The van der Waals surface area contributed by atoms with Crippen molar-refractivity contribution in [2.24, 2.45) is 0 Å². The fourth-order valence-electron chi connectivity index (χ4n) is 2.16. The van der Waals surface area contributed by atoms with Gasteiger partial charge in [-0.25, -0.2) is 0 Å². The summed E-state index contributed by atoms with van der Waals surface area (Å²) in [5, 5.41) is 7.72. The minimum atomic E-state index is 0.236. The molecule has 3 heterocycles. The summed E-state index contributed by atoms with van der Waals surface area (Å²) in [7, 11) is 0. The van der Waals surface area contributed by atoms with E-state index in [1.54, 1.807) is 6.92 Å². The molecule has 8 heteroatoms. The Morgan fingerprint density at radius 2 is 1.73 bits per heavy atom. The van der Waals surface area contributed by atoms with Crippen molar-refractivity contribution in [3.63, 3.8) is 0 Å². The number of nitrogens with zero attached hydrogens (tertiary/aromatic N) is 4. The molecule has 3 aromatic rings. The van der Waals surface area contributed by atoms with E-state index in [2.05, 4.69) is 20.3 Å². The van der Waals surface area contributed by atoms with Gasteiger partial charge in [0, 0.05) is 18.4 Å². The van der Waals surface area contributed by atoms with E-state index in [0.717, 1.165) is 11.3 Å². The van der Waals surface area contributed by atoms with Gasteiger partial charge in [-0.15, -0.1) is 0 Å². The van der Waals surface area contributed by atoms with Crippen LogP contribution in [-0.2, 0) is 12.8 Å². The molecule has 2 aromatic heterocycles. The maximum atomic E-state index is 5.34. The van der Waals surface area contributed by atoms with Crippen molar-refractivity contribution in [1.82, 2.24) is 20.3 Å². The maximum Gasteiger partial charge on any atom is 0.231 e. The van der Waals surface area contributed by atoms with Gasteiger partial charge in [-0.2, -0.15) is 9.97 Å². The monoisotopic (exact) mass is 300 g/mol. The van der Waals surface area contributed by atoms with Crippen molar-refractivity contribution < 1.29 is 18.5 Å². The SMILES string of the molecule is Cc1noc(CCc2nc(-c3ccc4c(c3)OCO4)no2)n1. The van der Waals surface area contributed by atoms with Gasteiger partial charge >= 0.3 is 0 Å². The van der Waals surface area contributed by atoms with E-state index in [9.17, 15) is 0 Å². The van der Waals surface area contributed by atoms with Crippen LogP contribution in [0, 0.1) is 6.92 Å². The summed E-state index contributed by atoms with van der Waals surface area (Å²) in [5.74, 6) is 3.60. The third kappa shape index (κ3) is 2.39. The van der Waals surface area contributed by atoms with Gasteiger partial charge in [-0.1, -0.05) is 10.3 Å². The Morgan fingerprint density at radius 1 is 0.955 bits per heavy atom. The Labute approximate surface area is 125 Å². The van der Waals surface area contributed by atoms with E-state index >= 15 is 0 Å². The summed E-state index contributed by atoms with van der Waals surface area (Å²) in [6.07, 6.45) is 1.10. The van der Waals surface area contributed by atoms with Crippen molar-refractivity contribution in [3.8, 4) is 22.9 Å².